The molecule has 0 saturated carbocycles. The van der Waals surface area contributed by atoms with Crippen LogP contribution in [0.2, 0.25) is 0 Å². The first-order valence-corrected chi connectivity index (χ1v) is 7.64. The summed E-state index contributed by atoms with van der Waals surface area (Å²) in [5.74, 6) is 0.670. The molecule has 0 fully saturated rings. The summed E-state index contributed by atoms with van der Waals surface area (Å²) in [6.45, 7) is 2.14. The second kappa shape index (κ2) is 5.99. The van der Waals surface area contributed by atoms with Crippen molar-refractivity contribution < 1.29 is 12.9 Å². The fourth-order valence-electron chi connectivity index (χ4n) is 1.71. The number of aryl methyl sites for hydroxylation is 1. The van der Waals surface area contributed by atoms with Gasteiger partial charge in [0.15, 0.2) is 0 Å². The lowest BCUT2D eigenvalue weighted by Gasteiger charge is -2.05. The summed E-state index contributed by atoms with van der Waals surface area (Å²) in [6.07, 6.45) is 0.495. The van der Waals surface area contributed by atoms with Gasteiger partial charge in [0, 0.05) is 19.0 Å². The van der Waals surface area contributed by atoms with Crippen molar-refractivity contribution in [1.82, 2.24) is 9.88 Å². The van der Waals surface area contributed by atoms with Crippen LogP contribution >= 0.6 is 0 Å². The molecule has 1 N–H and O–H groups in total. The molecule has 6 heteroatoms. The van der Waals surface area contributed by atoms with Gasteiger partial charge in [0.1, 0.15) is 5.76 Å². The molecule has 0 aliphatic carbocycles. The van der Waals surface area contributed by atoms with E-state index in [2.05, 4.69) is 9.88 Å². The molecular formula is C13H16N2O3S. The first-order valence-electron chi connectivity index (χ1n) is 5.99. The number of hydrogen-bond acceptors (Lipinski definition) is 4. The van der Waals surface area contributed by atoms with Crippen LogP contribution in [-0.4, -0.2) is 20.1 Å². The van der Waals surface area contributed by atoms with Crippen LogP contribution in [-0.2, 0) is 22.2 Å². The topological polar surface area (TPSA) is 72.2 Å². The van der Waals surface area contributed by atoms with Crippen LogP contribution < -0.4 is 4.72 Å². The van der Waals surface area contributed by atoms with E-state index in [4.69, 9.17) is 4.52 Å². The third-order valence-corrected chi connectivity index (χ3v) is 3.93. The van der Waals surface area contributed by atoms with E-state index in [1.165, 1.54) is 0 Å². The SMILES string of the molecule is Cc1cc(CCNS(=O)(=O)Cc2ccccc2)on1. The molecule has 0 atom stereocenters. The van der Waals surface area contributed by atoms with Gasteiger partial charge in [-0.05, 0) is 12.5 Å². The summed E-state index contributed by atoms with van der Waals surface area (Å²) < 4.78 is 31.2. The molecule has 0 unspecified atom stereocenters. The van der Waals surface area contributed by atoms with Crippen LogP contribution in [0.3, 0.4) is 0 Å². The molecule has 0 aliphatic rings. The molecule has 2 aromatic rings. The van der Waals surface area contributed by atoms with Crippen LogP contribution in [0.5, 0.6) is 0 Å². The largest absolute Gasteiger partial charge is 0.361 e. The summed E-state index contributed by atoms with van der Waals surface area (Å²) in [6, 6.07) is 10.9. The van der Waals surface area contributed by atoms with Crippen molar-refractivity contribution in [3.8, 4) is 0 Å². The normalized spacial score (nSPS) is 11.6. The van der Waals surface area contributed by atoms with Crippen molar-refractivity contribution in [1.29, 1.82) is 0 Å². The predicted molar refractivity (Wildman–Crippen MR) is 72.0 cm³/mol. The highest BCUT2D eigenvalue weighted by Crippen LogP contribution is 2.05. The van der Waals surface area contributed by atoms with E-state index in [1.807, 2.05) is 25.1 Å². The van der Waals surface area contributed by atoms with Crippen LogP contribution in [0.4, 0.5) is 0 Å². The summed E-state index contributed by atoms with van der Waals surface area (Å²) in [5.41, 5.74) is 1.56. The van der Waals surface area contributed by atoms with Crippen molar-refractivity contribution in [3.63, 3.8) is 0 Å². The van der Waals surface area contributed by atoms with Crippen LogP contribution in [0.1, 0.15) is 17.0 Å². The number of rotatable bonds is 6. The van der Waals surface area contributed by atoms with Gasteiger partial charge in [-0.2, -0.15) is 0 Å². The van der Waals surface area contributed by atoms with Gasteiger partial charge in [0.05, 0.1) is 11.4 Å². The molecule has 1 aromatic carbocycles. The van der Waals surface area contributed by atoms with E-state index >= 15 is 0 Å². The summed E-state index contributed by atoms with van der Waals surface area (Å²) >= 11 is 0. The van der Waals surface area contributed by atoms with E-state index < -0.39 is 10.0 Å². The molecular weight excluding hydrogens is 264 g/mol. The Morgan fingerprint density at radius 2 is 2.00 bits per heavy atom. The maximum Gasteiger partial charge on any atom is 0.215 e. The highest BCUT2D eigenvalue weighted by molar-refractivity contribution is 7.88. The van der Waals surface area contributed by atoms with E-state index in [0.29, 0.717) is 18.7 Å². The van der Waals surface area contributed by atoms with E-state index in [1.54, 1.807) is 18.2 Å². The molecule has 0 bridgehead atoms. The number of aromatic nitrogens is 1. The first kappa shape index (κ1) is 13.8. The number of benzene rings is 1. The van der Waals surface area contributed by atoms with Crippen LogP contribution in [0.15, 0.2) is 40.9 Å². The van der Waals surface area contributed by atoms with Gasteiger partial charge < -0.3 is 4.52 Å². The Bertz CT molecular complexity index is 620. The van der Waals surface area contributed by atoms with Crippen LogP contribution in [0.25, 0.3) is 0 Å². The Hall–Kier alpha value is -1.66. The standard InChI is InChI=1S/C13H16N2O3S/c1-11-9-13(18-15-11)7-8-14-19(16,17)10-12-5-3-2-4-6-12/h2-6,9,14H,7-8,10H2,1H3. The van der Waals surface area contributed by atoms with Crippen molar-refractivity contribution in [2.45, 2.75) is 19.1 Å². The molecule has 0 aliphatic heterocycles. The summed E-state index contributed by atoms with van der Waals surface area (Å²) in [5, 5.41) is 3.75. The van der Waals surface area contributed by atoms with Crippen molar-refractivity contribution >= 4 is 10.0 Å². The van der Waals surface area contributed by atoms with Gasteiger partial charge in [0.2, 0.25) is 10.0 Å². The Labute approximate surface area is 112 Å². The minimum absolute atomic E-state index is 0.0106. The third-order valence-electron chi connectivity index (χ3n) is 2.57. The first-order chi connectivity index (χ1) is 9.05. The lowest BCUT2D eigenvalue weighted by molar-refractivity contribution is 0.379. The van der Waals surface area contributed by atoms with Crippen molar-refractivity contribution in [2.75, 3.05) is 6.54 Å². The highest BCUT2D eigenvalue weighted by Gasteiger charge is 2.11. The molecule has 0 saturated heterocycles. The number of nitrogens with zero attached hydrogens (tertiary/aromatic N) is 1. The molecule has 0 radical (unpaired) electrons. The van der Waals surface area contributed by atoms with Gasteiger partial charge in [-0.15, -0.1) is 0 Å². The second-order valence-corrected chi connectivity index (χ2v) is 6.13. The Kier molecular flexibility index (Phi) is 4.34. The fourth-order valence-corrected chi connectivity index (χ4v) is 2.85. The monoisotopic (exact) mass is 280 g/mol. The average molecular weight is 280 g/mol. The van der Waals surface area contributed by atoms with Gasteiger partial charge in [0.25, 0.3) is 0 Å². The number of nitrogens with one attached hydrogen (secondary N) is 1. The zero-order chi connectivity index (χ0) is 13.7. The predicted octanol–water partition coefficient (Wildman–Crippen LogP) is 1.65. The van der Waals surface area contributed by atoms with Crippen molar-refractivity contribution in [3.05, 3.63) is 53.4 Å². The second-order valence-electron chi connectivity index (χ2n) is 4.32. The van der Waals surface area contributed by atoms with Gasteiger partial charge in [-0.1, -0.05) is 35.5 Å². The molecule has 0 spiro atoms. The van der Waals surface area contributed by atoms with E-state index in [9.17, 15) is 8.42 Å². The van der Waals surface area contributed by atoms with E-state index in [0.717, 1.165) is 11.3 Å². The minimum atomic E-state index is -3.31. The van der Waals surface area contributed by atoms with Gasteiger partial charge >= 0.3 is 0 Å². The molecule has 102 valence electrons. The lowest BCUT2D eigenvalue weighted by atomic mass is 10.2. The third kappa shape index (κ3) is 4.50. The highest BCUT2D eigenvalue weighted by atomic mass is 32.2. The Balaban J connectivity index is 1.84. The van der Waals surface area contributed by atoms with Crippen LogP contribution in [0, 0.1) is 6.92 Å². The molecule has 0 amide bonds. The smallest absolute Gasteiger partial charge is 0.215 e. The zero-order valence-electron chi connectivity index (χ0n) is 10.7. The molecule has 2 rings (SSSR count). The molecule has 1 heterocycles. The minimum Gasteiger partial charge on any atom is -0.361 e. The molecule has 19 heavy (non-hydrogen) atoms. The quantitative estimate of drug-likeness (QED) is 0.873. The van der Waals surface area contributed by atoms with Gasteiger partial charge in [-0.25, -0.2) is 13.1 Å². The zero-order valence-corrected chi connectivity index (χ0v) is 11.5. The van der Waals surface area contributed by atoms with Gasteiger partial charge in [-0.3, -0.25) is 0 Å². The molecule has 5 nitrogen and oxygen atoms in total. The Morgan fingerprint density at radius 1 is 1.26 bits per heavy atom. The summed E-state index contributed by atoms with van der Waals surface area (Å²) in [4.78, 5) is 0. The maximum atomic E-state index is 11.8. The average Bonchev–Trinajstić information content (AvgIpc) is 2.75. The van der Waals surface area contributed by atoms with E-state index in [-0.39, 0.29) is 5.75 Å². The summed E-state index contributed by atoms with van der Waals surface area (Å²) in [7, 11) is -3.31. The Morgan fingerprint density at radius 3 is 2.63 bits per heavy atom. The fraction of sp³-hybridized carbons (Fsp3) is 0.308. The number of sulfonamides is 1. The number of hydrogen-bond donors (Lipinski definition) is 1. The lowest BCUT2D eigenvalue weighted by Crippen LogP contribution is -2.27. The van der Waals surface area contributed by atoms with Crippen molar-refractivity contribution in [2.24, 2.45) is 0 Å². The maximum absolute atomic E-state index is 11.8. The molecule has 1 aromatic heterocycles.